The average Bonchev–Trinajstić information content (AvgIpc) is 3.43. The van der Waals surface area contributed by atoms with E-state index in [2.05, 4.69) is 105 Å². The number of aryl methyl sites for hydroxylation is 1. The molecule has 0 heterocycles. The van der Waals surface area contributed by atoms with Crippen LogP contribution in [0.15, 0.2) is 58.2 Å². The molecule has 0 N–H and O–H groups in total. The molecular formula is C34H46Li2Si. The molecule has 3 aliphatic carbocycles. The first-order chi connectivity index (χ1) is 16.3. The summed E-state index contributed by atoms with van der Waals surface area (Å²) in [6, 6.07) is 12.2. The molecule has 1 atom stereocenters. The minimum Gasteiger partial charge on any atom is -1.00 e. The maximum Gasteiger partial charge on any atom is 1.00 e. The number of hydrogen-bond acceptors (Lipinski definition) is 0. The molecular weight excluding hydrogens is 450 g/mol. The summed E-state index contributed by atoms with van der Waals surface area (Å²) >= 11 is 0. The fourth-order valence-electron chi connectivity index (χ4n) is 7.82. The van der Waals surface area contributed by atoms with Crippen molar-refractivity contribution in [2.45, 2.75) is 104 Å². The van der Waals surface area contributed by atoms with Gasteiger partial charge in [-0.15, -0.1) is 0 Å². The van der Waals surface area contributed by atoms with E-state index in [-0.39, 0.29) is 46.0 Å². The van der Waals surface area contributed by atoms with Crippen molar-refractivity contribution < 1.29 is 40.6 Å². The Morgan fingerprint density at radius 2 is 1.38 bits per heavy atom. The van der Waals surface area contributed by atoms with E-state index in [1.54, 1.807) is 50.1 Å². The van der Waals surface area contributed by atoms with Crippen LogP contribution in [-0.4, -0.2) is 8.07 Å². The minimum absolute atomic E-state index is 0. The van der Waals surface area contributed by atoms with Crippen molar-refractivity contribution in [2.75, 3.05) is 0 Å². The summed E-state index contributed by atoms with van der Waals surface area (Å²) in [6.07, 6.45) is 6.34. The van der Waals surface area contributed by atoms with Crippen LogP contribution < -0.4 is 37.7 Å². The Bertz CT molecular complexity index is 1300. The molecule has 1 unspecified atom stereocenters. The van der Waals surface area contributed by atoms with Gasteiger partial charge in [-0.25, -0.2) is 0 Å². The second-order valence-corrected chi connectivity index (χ2v) is 18.1. The van der Waals surface area contributed by atoms with Crippen LogP contribution in [-0.2, 0) is 18.3 Å². The van der Waals surface area contributed by atoms with Gasteiger partial charge in [-0.2, -0.15) is 0 Å². The van der Waals surface area contributed by atoms with Gasteiger partial charge in [0, 0.05) is 5.54 Å². The molecule has 188 valence electrons. The standard InChI is InChI=1S/C34H44Si.2Li.2H/c1-20-18-29-30(32(20)35(9,10)33-23(4)21(2)22(3)24(33)5)19-26-12-11-13-28(26)31(29)25-14-16-27(17-15-25)34(6,7)8;;;;/h14-19,32-33H,11-13H2,1-10H3;;;;/q;2*+1;2*-1. The molecule has 0 amide bonds. The molecule has 2 aromatic carbocycles. The Labute approximate surface area is 254 Å². The monoisotopic (exact) mass is 496 g/mol. The van der Waals surface area contributed by atoms with Gasteiger partial charge < -0.3 is 2.85 Å². The van der Waals surface area contributed by atoms with Gasteiger partial charge in [0.1, 0.15) is 0 Å². The zero-order chi connectivity index (χ0) is 25.4. The van der Waals surface area contributed by atoms with Crippen LogP contribution >= 0.6 is 0 Å². The zero-order valence-electron chi connectivity index (χ0n) is 27.7. The molecule has 0 nitrogen and oxygen atoms in total. The minimum atomic E-state index is -1.74. The average molecular weight is 497 g/mol. The van der Waals surface area contributed by atoms with Crippen molar-refractivity contribution in [3.8, 4) is 11.1 Å². The summed E-state index contributed by atoms with van der Waals surface area (Å²) in [4.78, 5) is 0. The maximum absolute atomic E-state index is 2.67. The number of hydrogen-bond donors (Lipinski definition) is 0. The first kappa shape index (κ1) is 30.6. The largest absolute Gasteiger partial charge is 1.00 e. The summed E-state index contributed by atoms with van der Waals surface area (Å²) in [6.45, 7) is 24.2. The van der Waals surface area contributed by atoms with Crippen molar-refractivity contribution in [3.63, 3.8) is 0 Å². The Morgan fingerprint density at radius 3 is 1.92 bits per heavy atom. The predicted octanol–water partition coefficient (Wildman–Crippen LogP) is 4.18. The third-order valence-electron chi connectivity index (χ3n) is 9.75. The van der Waals surface area contributed by atoms with Crippen LogP contribution in [0, 0.1) is 0 Å². The molecule has 5 rings (SSSR count). The van der Waals surface area contributed by atoms with Crippen LogP contribution in [0.1, 0.15) is 98.0 Å². The molecule has 0 aliphatic heterocycles. The number of fused-ring (bicyclic) bond motifs is 2. The van der Waals surface area contributed by atoms with Gasteiger partial charge in [0.25, 0.3) is 0 Å². The van der Waals surface area contributed by atoms with Gasteiger partial charge in [-0.3, -0.25) is 0 Å². The Kier molecular flexibility index (Phi) is 8.74. The van der Waals surface area contributed by atoms with Crippen molar-refractivity contribution >= 4 is 14.1 Å². The number of benzene rings is 2. The third-order valence-corrected chi connectivity index (χ3v) is 14.4. The van der Waals surface area contributed by atoms with E-state index in [0.717, 1.165) is 0 Å². The second-order valence-electron chi connectivity index (χ2n) is 13.3. The van der Waals surface area contributed by atoms with Crippen LogP contribution in [0.25, 0.3) is 17.2 Å². The van der Waals surface area contributed by atoms with Crippen molar-refractivity contribution in [2.24, 2.45) is 0 Å². The SMILES string of the molecule is CC1=Cc2c(cc3c(c2-c2ccc(C(C)(C)C)cc2)CCC3)C1[Si](C)(C)C1C(C)=C(C)C(C)=C1C.[H-].[H-].[Li+].[Li+]. The molecule has 2 aromatic rings. The summed E-state index contributed by atoms with van der Waals surface area (Å²) in [5.74, 6) is 0. The summed E-state index contributed by atoms with van der Waals surface area (Å²) in [5.41, 5.74) is 20.2. The molecule has 0 fully saturated rings. The van der Waals surface area contributed by atoms with Gasteiger partial charge in [0.05, 0.1) is 8.07 Å². The Morgan fingerprint density at radius 1 is 0.811 bits per heavy atom. The first-order valence-electron chi connectivity index (χ1n) is 13.7. The predicted molar refractivity (Wildman–Crippen MR) is 159 cm³/mol. The summed E-state index contributed by atoms with van der Waals surface area (Å²) in [7, 11) is -1.74. The van der Waals surface area contributed by atoms with E-state index in [9.17, 15) is 0 Å². The van der Waals surface area contributed by atoms with E-state index in [0.29, 0.717) is 11.1 Å². The topological polar surface area (TPSA) is 0 Å². The first-order valence-corrected chi connectivity index (χ1v) is 16.8. The van der Waals surface area contributed by atoms with Crippen molar-refractivity contribution in [1.82, 2.24) is 0 Å². The van der Waals surface area contributed by atoms with E-state index in [1.165, 1.54) is 36.0 Å². The molecule has 0 saturated heterocycles. The van der Waals surface area contributed by atoms with E-state index in [4.69, 9.17) is 0 Å². The van der Waals surface area contributed by atoms with Crippen molar-refractivity contribution in [3.05, 3.63) is 86.0 Å². The van der Waals surface area contributed by atoms with Crippen LogP contribution in [0.2, 0.25) is 18.6 Å². The maximum atomic E-state index is 2.67. The van der Waals surface area contributed by atoms with E-state index < -0.39 is 8.07 Å². The fourth-order valence-corrected chi connectivity index (χ4v) is 13.1. The normalized spacial score (nSPS) is 19.5. The summed E-state index contributed by atoms with van der Waals surface area (Å²) < 4.78 is 0. The smallest absolute Gasteiger partial charge is 1.00 e. The third kappa shape index (κ3) is 4.83. The molecule has 0 bridgehead atoms. The molecule has 3 heteroatoms. The van der Waals surface area contributed by atoms with Crippen LogP contribution in [0.4, 0.5) is 0 Å². The van der Waals surface area contributed by atoms with Gasteiger partial charge in [0.2, 0.25) is 0 Å². The van der Waals surface area contributed by atoms with Gasteiger partial charge in [-0.05, 0) is 115 Å². The zero-order valence-corrected chi connectivity index (χ0v) is 26.7. The Balaban J connectivity index is 0.00000190. The van der Waals surface area contributed by atoms with Crippen molar-refractivity contribution in [1.29, 1.82) is 0 Å². The second kappa shape index (κ2) is 10.6. The quantitative estimate of drug-likeness (QED) is 0.560. The number of allylic oxidation sites excluding steroid dienone is 5. The van der Waals surface area contributed by atoms with Crippen LogP contribution in [0.3, 0.4) is 0 Å². The summed E-state index contributed by atoms with van der Waals surface area (Å²) in [5, 5.41) is 0. The van der Waals surface area contributed by atoms with E-state index in [1.807, 2.05) is 0 Å². The van der Waals surface area contributed by atoms with Gasteiger partial charge in [-0.1, -0.05) is 87.0 Å². The molecule has 0 saturated carbocycles. The van der Waals surface area contributed by atoms with Gasteiger partial charge in [0.15, 0.2) is 0 Å². The Hall–Kier alpha value is -0.928. The van der Waals surface area contributed by atoms with Gasteiger partial charge >= 0.3 is 37.7 Å². The molecule has 37 heavy (non-hydrogen) atoms. The van der Waals surface area contributed by atoms with E-state index >= 15 is 0 Å². The molecule has 0 aromatic heterocycles. The molecule has 0 spiro atoms. The van der Waals surface area contributed by atoms with Crippen LogP contribution in [0.5, 0.6) is 0 Å². The fraction of sp³-hybridized carbons (Fsp3) is 0.471. The number of rotatable bonds is 3. The molecule has 3 aliphatic rings. The molecule has 0 radical (unpaired) electrons.